The van der Waals surface area contributed by atoms with Gasteiger partial charge in [0.2, 0.25) is 5.96 Å². The highest BCUT2D eigenvalue weighted by molar-refractivity contribution is 6.32. The van der Waals surface area contributed by atoms with E-state index in [0.717, 1.165) is 17.0 Å². The van der Waals surface area contributed by atoms with Crippen LogP contribution in [0.2, 0.25) is 5.02 Å². The lowest BCUT2D eigenvalue weighted by molar-refractivity contribution is -0.150. The van der Waals surface area contributed by atoms with Crippen LogP contribution in [-0.4, -0.2) is 54.7 Å². The molecule has 1 aromatic rings. The molecule has 0 spiro atoms. The van der Waals surface area contributed by atoms with E-state index in [2.05, 4.69) is 4.99 Å². The topological polar surface area (TPSA) is 71.4 Å². The zero-order chi connectivity index (χ0) is 22.2. The molecule has 0 bridgehead atoms. The van der Waals surface area contributed by atoms with E-state index in [0.29, 0.717) is 11.0 Å². The van der Waals surface area contributed by atoms with Crippen molar-refractivity contribution in [2.75, 3.05) is 24.6 Å². The minimum Gasteiger partial charge on any atom is -0.477 e. The van der Waals surface area contributed by atoms with Gasteiger partial charge < -0.3 is 14.4 Å². The van der Waals surface area contributed by atoms with Gasteiger partial charge in [0.15, 0.2) is 6.10 Å². The molecule has 2 heterocycles. The number of hydrogen-bond acceptors (Lipinski definition) is 6. The molecule has 0 radical (unpaired) electrons. The molecule has 1 amide bonds. The lowest BCUT2D eigenvalue weighted by Crippen LogP contribution is -2.51. The highest BCUT2D eigenvalue weighted by atomic mass is 35.5. The van der Waals surface area contributed by atoms with Gasteiger partial charge in [-0.1, -0.05) is 11.6 Å². The van der Waals surface area contributed by atoms with Gasteiger partial charge in [0, 0.05) is 18.7 Å². The number of guanidine groups is 1. The fraction of sp³-hybridized carbons (Fsp3) is 0.389. The molecule has 0 saturated heterocycles. The highest BCUT2D eigenvalue weighted by Gasteiger charge is 2.47. The normalized spacial score (nSPS) is 17.4. The molecule has 0 saturated carbocycles. The quantitative estimate of drug-likeness (QED) is 0.509. The molecule has 3 rings (SSSR count). The molecule has 0 aromatic heterocycles. The van der Waals surface area contributed by atoms with Gasteiger partial charge in [-0.3, -0.25) is 9.79 Å². The number of hydrogen-bond donors (Lipinski definition) is 0. The number of rotatable bonds is 5. The maximum atomic E-state index is 14.7. The van der Waals surface area contributed by atoms with E-state index in [1.54, 1.807) is 6.92 Å². The van der Waals surface area contributed by atoms with Gasteiger partial charge >= 0.3 is 12.1 Å². The van der Waals surface area contributed by atoms with Crippen molar-refractivity contribution in [1.82, 2.24) is 4.90 Å². The largest absolute Gasteiger partial charge is 0.477 e. The van der Waals surface area contributed by atoms with E-state index >= 15 is 0 Å². The van der Waals surface area contributed by atoms with Crippen molar-refractivity contribution in [2.24, 2.45) is 4.99 Å². The number of nitrogens with zero attached hydrogens (tertiary/aromatic N) is 3. The third-order valence-corrected chi connectivity index (χ3v) is 4.54. The first-order valence-electron chi connectivity index (χ1n) is 8.82. The Bertz CT molecular complexity index is 948. The number of halogens is 5. The van der Waals surface area contributed by atoms with Gasteiger partial charge in [0.1, 0.15) is 17.3 Å². The number of allylic oxidation sites excluding steroid dienone is 1. The number of amides is 1. The predicted octanol–water partition coefficient (Wildman–Crippen LogP) is 3.27. The van der Waals surface area contributed by atoms with Crippen molar-refractivity contribution in [3.05, 3.63) is 34.7 Å². The van der Waals surface area contributed by atoms with Crippen LogP contribution in [-0.2, 0) is 14.3 Å². The van der Waals surface area contributed by atoms with Crippen molar-refractivity contribution in [3.8, 4) is 5.75 Å². The van der Waals surface area contributed by atoms with Gasteiger partial charge in [-0.15, -0.1) is 0 Å². The van der Waals surface area contributed by atoms with Crippen LogP contribution >= 0.6 is 11.6 Å². The van der Waals surface area contributed by atoms with Crippen LogP contribution in [0.15, 0.2) is 28.9 Å². The summed E-state index contributed by atoms with van der Waals surface area (Å²) in [5, 5.41) is -0.200. The molecule has 12 heteroatoms. The van der Waals surface area contributed by atoms with Crippen LogP contribution in [0.3, 0.4) is 0 Å². The number of fused-ring (bicyclic) bond motifs is 1. The van der Waals surface area contributed by atoms with Gasteiger partial charge in [-0.25, -0.2) is 14.1 Å². The fourth-order valence-electron chi connectivity index (χ4n) is 2.95. The lowest BCUT2D eigenvalue weighted by Gasteiger charge is -2.35. The third-order valence-electron chi connectivity index (χ3n) is 4.24. The molecular formula is C18H16ClF4N3O4. The van der Waals surface area contributed by atoms with E-state index in [4.69, 9.17) is 21.1 Å². The smallest absolute Gasteiger partial charge is 0.431 e. The monoisotopic (exact) mass is 449 g/mol. The zero-order valence-corrected chi connectivity index (χ0v) is 16.6. The second-order valence-corrected chi connectivity index (χ2v) is 6.69. The second-order valence-electron chi connectivity index (χ2n) is 6.28. The van der Waals surface area contributed by atoms with Crippen LogP contribution in [0.5, 0.6) is 5.75 Å². The molecule has 1 unspecified atom stereocenters. The summed E-state index contributed by atoms with van der Waals surface area (Å²) >= 11 is 5.98. The molecule has 162 valence electrons. The number of ether oxygens (including phenoxy) is 2. The number of anilines is 1. The molecule has 2 aliphatic rings. The Labute approximate surface area is 173 Å². The fourth-order valence-corrected chi connectivity index (χ4v) is 3.15. The van der Waals surface area contributed by atoms with Crippen molar-refractivity contribution < 1.29 is 36.6 Å². The summed E-state index contributed by atoms with van der Waals surface area (Å²) < 4.78 is 64.7. The zero-order valence-electron chi connectivity index (χ0n) is 15.8. The van der Waals surface area contributed by atoms with Gasteiger partial charge in [-0.2, -0.15) is 13.2 Å². The molecule has 30 heavy (non-hydrogen) atoms. The maximum absolute atomic E-state index is 14.7. The molecule has 1 aromatic carbocycles. The van der Waals surface area contributed by atoms with E-state index in [1.807, 2.05) is 0 Å². The van der Waals surface area contributed by atoms with Crippen LogP contribution in [0.4, 0.5) is 23.2 Å². The first kappa shape index (κ1) is 21.9. The van der Waals surface area contributed by atoms with Gasteiger partial charge in [0.25, 0.3) is 5.91 Å². The Balaban J connectivity index is 2.00. The summed E-state index contributed by atoms with van der Waals surface area (Å²) in [5.41, 5.74) is -1.60. The average molecular weight is 450 g/mol. The van der Waals surface area contributed by atoms with Crippen LogP contribution in [0.25, 0.3) is 0 Å². The SMILES string of the molecule is CCOC(=O)C(C)Oc1cc(N2C(=O)C=C(C(F)(F)F)N3CCN=C32)c(F)cc1Cl. The second kappa shape index (κ2) is 8.13. The lowest BCUT2D eigenvalue weighted by atomic mass is 10.2. The summed E-state index contributed by atoms with van der Waals surface area (Å²) in [7, 11) is 0. The van der Waals surface area contributed by atoms with Crippen molar-refractivity contribution in [2.45, 2.75) is 26.1 Å². The number of carbonyl (C=O) groups is 2. The first-order chi connectivity index (χ1) is 14.0. The molecule has 0 aliphatic carbocycles. The number of carbonyl (C=O) groups excluding carboxylic acids is 2. The van der Waals surface area contributed by atoms with Crippen molar-refractivity contribution >= 4 is 35.1 Å². The van der Waals surface area contributed by atoms with E-state index < -0.39 is 41.4 Å². The average Bonchev–Trinajstić information content (AvgIpc) is 3.12. The molecule has 0 fully saturated rings. The summed E-state index contributed by atoms with van der Waals surface area (Å²) in [4.78, 5) is 29.7. The van der Waals surface area contributed by atoms with E-state index in [1.165, 1.54) is 6.92 Å². The number of esters is 1. The minimum atomic E-state index is -4.78. The van der Waals surface area contributed by atoms with Crippen LogP contribution < -0.4 is 9.64 Å². The molecule has 7 nitrogen and oxygen atoms in total. The highest BCUT2D eigenvalue weighted by Crippen LogP contribution is 2.38. The summed E-state index contributed by atoms with van der Waals surface area (Å²) in [6.45, 7) is 2.96. The number of aliphatic imine (C=N–C) groups is 1. The third kappa shape index (κ3) is 4.07. The van der Waals surface area contributed by atoms with Crippen LogP contribution in [0.1, 0.15) is 13.8 Å². The first-order valence-corrected chi connectivity index (χ1v) is 9.19. The van der Waals surface area contributed by atoms with Crippen molar-refractivity contribution in [3.63, 3.8) is 0 Å². The Hall–Kier alpha value is -2.82. The molecule has 0 N–H and O–H groups in total. The summed E-state index contributed by atoms with van der Waals surface area (Å²) in [5.74, 6) is -3.33. The Morgan fingerprint density at radius 2 is 2.07 bits per heavy atom. The molecule has 1 atom stereocenters. The Kier molecular flexibility index (Phi) is 5.93. The van der Waals surface area contributed by atoms with Gasteiger partial charge in [0.05, 0.1) is 23.9 Å². The summed E-state index contributed by atoms with van der Waals surface area (Å²) in [6, 6.07) is 1.86. The summed E-state index contributed by atoms with van der Waals surface area (Å²) in [6.07, 6.45) is -5.51. The van der Waals surface area contributed by atoms with Crippen molar-refractivity contribution in [1.29, 1.82) is 0 Å². The predicted molar refractivity (Wildman–Crippen MR) is 98.8 cm³/mol. The van der Waals surface area contributed by atoms with E-state index in [-0.39, 0.29) is 36.4 Å². The van der Waals surface area contributed by atoms with E-state index in [9.17, 15) is 27.2 Å². The molecular weight excluding hydrogens is 434 g/mol. The maximum Gasteiger partial charge on any atom is 0.431 e. The Morgan fingerprint density at radius 1 is 1.37 bits per heavy atom. The van der Waals surface area contributed by atoms with Crippen LogP contribution in [0, 0.1) is 5.82 Å². The number of benzene rings is 1. The number of alkyl halides is 3. The van der Waals surface area contributed by atoms with Gasteiger partial charge in [-0.05, 0) is 19.9 Å². The molecule has 2 aliphatic heterocycles. The standard InChI is InChI=1S/C18H16ClF4N3O4/c1-3-29-16(28)9(2)30-13-7-12(11(20)6-10(13)19)26-15(27)8-14(18(21,22)23)25-5-4-24-17(25)26/h6-9H,3-5H2,1-2H3. The Morgan fingerprint density at radius 3 is 2.70 bits per heavy atom. The minimum absolute atomic E-state index is 0.00894.